The van der Waals surface area contributed by atoms with Gasteiger partial charge in [-0.15, -0.1) is 11.3 Å². The van der Waals surface area contributed by atoms with E-state index in [1.807, 2.05) is 12.1 Å². The molecule has 0 aliphatic carbocycles. The number of hydrogen-bond donors (Lipinski definition) is 1. The lowest BCUT2D eigenvalue weighted by atomic mass is 10.2. The van der Waals surface area contributed by atoms with Gasteiger partial charge < -0.3 is 14.8 Å². The first-order valence-electron chi connectivity index (χ1n) is 10.3. The Hall–Kier alpha value is -2.03. The lowest BCUT2D eigenvalue weighted by molar-refractivity contribution is -0.124. The third-order valence-corrected chi connectivity index (χ3v) is 6.62. The van der Waals surface area contributed by atoms with E-state index < -0.39 is 12.1 Å². The van der Waals surface area contributed by atoms with Gasteiger partial charge in [0.25, 0.3) is 5.91 Å². The molecule has 0 saturated carbocycles. The van der Waals surface area contributed by atoms with Crippen molar-refractivity contribution < 1.29 is 19.1 Å². The summed E-state index contributed by atoms with van der Waals surface area (Å²) < 4.78 is 10.4. The average Bonchev–Trinajstić information content (AvgIpc) is 3.31. The summed E-state index contributed by atoms with van der Waals surface area (Å²) in [4.78, 5) is 33.2. The highest BCUT2D eigenvalue weighted by molar-refractivity contribution is 7.21. The minimum absolute atomic E-state index is 0.221. The first-order valence-corrected chi connectivity index (χ1v) is 11.1. The molecule has 8 heteroatoms. The van der Waals surface area contributed by atoms with Gasteiger partial charge >= 0.3 is 5.97 Å². The molecule has 2 aromatic heterocycles. The first kappa shape index (κ1) is 20.3. The lowest BCUT2D eigenvalue weighted by Crippen LogP contribution is -2.27. The molecule has 1 amide bonds. The Morgan fingerprint density at radius 3 is 2.72 bits per heavy atom. The maximum absolute atomic E-state index is 12.6. The van der Waals surface area contributed by atoms with Gasteiger partial charge in [-0.05, 0) is 50.9 Å². The van der Waals surface area contributed by atoms with E-state index in [0.29, 0.717) is 23.6 Å². The summed E-state index contributed by atoms with van der Waals surface area (Å²) in [7, 11) is 1.34. The van der Waals surface area contributed by atoms with Crippen LogP contribution in [0.4, 0.5) is 5.69 Å². The monoisotopic (exact) mass is 417 g/mol. The number of pyridine rings is 1. The number of anilines is 1. The Balaban J connectivity index is 1.60. The number of thiophene rings is 1. The van der Waals surface area contributed by atoms with Crippen molar-refractivity contribution in [2.75, 3.05) is 32.1 Å². The predicted octanol–water partition coefficient (Wildman–Crippen LogP) is 3.58. The van der Waals surface area contributed by atoms with Crippen LogP contribution in [-0.4, -0.2) is 54.7 Å². The van der Waals surface area contributed by atoms with Gasteiger partial charge in [0.2, 0.25) is 0 Å². The van der Waals surface area contributed by atoms with E-state index in [0.717, 1.165) is 42.0 Å². The fourth-order valence-electron chi connectivity index (χ4n) is 3.98. The third kappa shape index (κ3) is 4.60. The van der Waals surface area contributed by atoms with Crippen LogP contribution in [0.1, 0.15) is 53.9 Å². The molecule has 0 radical (unpaired) electrons. The molecule has 2 aromatic rings. The molecule has 0 aromatic carbocycles. The number of methoxy groups -OCH3 is 1. The second kappa shape index (κ2) is 9.19. The minimum atomic E-state index is -0.468. The maximum Gasteiger partial charge on any atom is 0.350 e. The van der Waals surface area contributed by atoms with Crippen LogP contribution in [0.2, 0.25) is 0 Å². The number of esters is 1. The smallest absolute Gasteiger partial charge is 0.350 e. The number of ether oxygens (including phenoxy) is 2. The Labute approximate surface area is 174 Å². The molecule has 156 valence electrons. The number of hydrogen-bond acceptors (Lipinski definition) is 7. The van der Waals surface area contributed by atoms with E-state index >= 15 is 0 Å². The van der Waals surface area contributed by atoms with Gasteiger partial charge in [-0.2, -0.15) is 0 Å². The van der Waals surface area contributed by atoms with Crippen LogP contribution in [0.25, 0.3) is 10.2 Å². The van der Waals surface area contributed by atoms with Crippen molar-refractivity contribution in [3.63, 3.8) is 0 Å². The molecular weight excluding hydrogens is 390 g/mol. The first-order chi connectivity index (χ1) is 14.2. The van der Waals surface area contributed by atoms with Crippen LogP contribution in [0.3, 0.4) is 0 Å². The van der Waals surface area contributed by atoms with Gasteiger partial charge in [0.15, 0.2) is 0 Å². The number of carbonyl (C=O) groups excluding carboxylic acids is 2. The van der Waals surface area contributed by atoms with E-state index in [1.165, 1.54) is 44.1 Å². The molecule has 0 bridgehead atoms. The zero-order valence-corrected chi connectivity index (χ0v) is 17.6. The molecule has 29 heavy (non-hydrogen) atoms. The highest BCUT2D eigenvalue weighted by Gasteiger charge is 2.28. The van der Waals surface area contributed by atoms with Gasteiger partial charge in [0.05, 0.1) is 18.5 Å². The molecule has 2 aliphatic heterocycles. The summed E-state index contributed by atoms with van der Waals surface area (Å²) >= 11 is 1.26. The normalized spacial score (nSPS) is 20.5. The Morgan fingerprint density at radius 2 is 2.03 bits per heavy atom. The molecule has 1 unspecified atom stereocenters. The summed E-state index contributed by atoms with van der Waals surface area (Å²) in [5, 5.41) is 3.66. The number of nitrogens with zero attached hydrogens (tertiary/aromatic N) is 2. The van der Waals surface area contributed by atoms with Gasteiger partial charge in [0, 0.05) is 18.5 Å². The van der Waals surface area contributed by atoms with Crippen LogP contribution < -0.4 is 5.32 Å². The number of amides is 1. The number of carbonyl (C=O) groups is 2. The van der Waals surface area contributed by atoms with Crippen molar-refractivity contribution in [1.82, 2.24) is 9.88 Å². The zero-order valence-electron chi connectivity index (χ0n) is 16.7. The van der Waals surface area contributed by atoms with Gasteiger partial charge in [0.1, 0.15) is 15.8 Å². The van der Waals surface area contributed by atoms with Crippen LogP contribution in [0.15, 0.2) is 12.1 Å². The summed E-state index contributed by atoms with van der Waals surface area (Å²) in [6.07, 6.45) is 6.15. The SMILES string of the molecule is COC(=O)c1sc2nc(CN3CCCCCC3)ccc2c1NC(=O)C1CCCO1. The third-order valence-electron chi connectivity index (χ3n) is 5.54. The molecule has 4 heterocycles. The van der Waals surface area contributed by atoms with Gasteiger partial charge in [-0.1, -0.05) is 12.8 Å². The highest BCUT2D eigenvalue weighted by atomic mass is 32.1. The molecular formula is C21H27N3O4S. The molecule has 1 N–H and O–H groups in total. The van der Waals surface area contributed by atoms with Crippen molar-refractivity contribution in [2.45, 2.75) is 51.2 Å². The lowest BCUT2D eigenvalue weighted by Gasteiger charge is -2.19. The largest absolute Gasteiger partial charge is 0.465 e. The molecule has 2 aliphatic rings. The quantitative estimate of drug-likeness (QED) is 0.749. The predicted molar refractivity (Wildman–Crippen MR) is 112 cm³/mol. The minimum Gasteiger partial charge on any atom is -0.465 e. The van der Waals surface area contributed by atoms with Crippen molar-refractivity contribution >= 4 is 39.1 Å². The molecule has 4 rings (SSSR count). The number of rotatable bonds is 5. The zero-order chi connectivity index (χ0) is 20.2. The molecule has 7 nitrogen and oxygen atoms in total. The maximum atomic E-state index is 12.6. The standard InChI is InChI=1S/C21H27N3O4S/c1-27-21(26)18-17(23-19(25)16-7-6-12-28-16)15-9-8-14(22-20(15)29-18)13-24-10-4-2-3-5-11-24/h8-9,16H,2-7,10-13H2,1H3,(H,23,25). The van der Waals surface area contributed by atoms with E-state index in [2.05, 4.69) is 10.2 Å². The Kier molecular flexibility index (Phi) is 6.42. The molecule has 0 spiro atoms. The van der Waals surface area contributed by atoms with Crippen molar-refractivity contribution in [3.8, 4) is 0 Å². The van der Waals surface area contributed by atoms with Crippen molar-refractivity contribution in [2.24, 2.45) is 0 Å². The van der Waals surface area contributed by atoms with Gasteiger partial charge in [-0.25, -0.2) is 9.78 Å². The molecule has 1 atom stereocenters. The van der Waals surface area contributed by atoms with E-state index in [-0.39, 0.29) is 5.91 Å². The second-order valence-corrected chi connectivity index (χ2v) is 8.63. The Morgan fingerprint density at radius 1 is 1.24 bits per heavy atom. The molecule has 2 saturated heterocycles. The summed E-state index contributed by atoms with van der Waals surface area (Å²) in [5.41, 5.74) is 1.46. The fraction of sp³-hybridized carbons (Fsp3) is 0.571. The summed E-state index contributed by atoms with van der Waals surface area (Å²) in [6.45, 7) is 3.59. The molecule has 2 fully saturated rings. The number of fused-ring (bicyclic) bond motifs is 1. The van der Waals surface area contributed by atoms with Crippen LogP contribution in [0.5, 0.6) is 0 Å². The summed E-state index contributed by atoms with van der Waals surface area (Å²) in [5.74, 6) is -0.689. The van der Waals surface area contributed by atoms with Crippen LogP contribution in [-0.2, 0) is 20.8 Å². The van der Waals surface area contributed by atoms with E-state index in [1.54, 1.807) is 0 Å². The second-order valence-electron chi connectivity index (χ2n) is 7.63. The van der Waals surface area contributed by atoms with Crippen LogP contribution >= 0.6 is 11.3 Å². The Bertz CT molecular complexity index is 883. The fourth-order valence-corrected chi connectivity index (χ4v) is 5.04. The van der Waals surface area contributed by atoms with Crippen molar-refractivity contribution in [1.29, 1.82) is 0 Å². The number of aromatic nitrogens is 1. The van der Waals surface area contributed by atoms with Gasteiger partial charge in [-0.3, -0.25) is 9.69 Å². The van der Waals surface area contributed by atoms with Crippen molar-refractivity contribution in [3.05, 3.63) is 22.7 Å². The summed E-state index contributed by atoms with van der Waals surface area (Å²) in [6, 6.07) is 3.94. The topological polar surface area (TPSA) is 80.8 Å². The average molecular weight is 418 g/mol. The van der Waals surface area contributed by atoms with Crippen LogP contribution in [0, 0.1) is 0 Å². The number of likely N-dealkylation sites (tertiary alicyclic amines) is 1. The highest BCUT2D eigenvalue weighted by Crippen LogP contribution is 2.36. The van der Waals surface area contributed by atoms with E-state index in [9.17, 15) is 9.59 Å². The number of nitrogens with one attached hydrogen (secondary N) is 1. The van der Waals surface area contributed by atoms with E-state index in [4.69, 9.17) is 14.5 Å².